The van der Waals surface area contributed by atoms with Gasteiger partial charge in [-0.2, -0.15) is 0 Å². The Bertz CT molecular complexity index is 724. The molecule has 0 aliphatic carbocycles. The van der Waals surface area contributed by atoms with Gasteiger partial charge in [0.15, 0.2) is 6.29 Å². The molecule has 2 aromatic rings. The minimum atomic E-state index is -1.11. The Labute approximate surface area is 145 Å². The molecule has 7 heteroatoms. The van der Waals surface area contributed by atoms with Crippen molar-refractivity contribution in [3.63, 3.8) is 0 Å². The Balaban J connectivity index is 2.40. The smallest absolute Gasteiger partial charge is 0.404 e. The highest BCUT2D eigenvalue weighted by atomic mass is 79.9. The number of hydrogen-bond donors (Lipinski definition) is 2. The maximum atomic E-state index is 11.1. The third kappa shape index (κ3) is 4.25. The third-order valence-electron chi connectivity index (χ3n) is 2.77. The molecule has 4 nitrogen and oxygen atoms in total. The number of benzene rings is 2. The molecule has 0 spiro atoms. The molecule has 0 saturated carbocycles. The summed E-state index contributed by atoms with van der Waals surface area (Å²) in [7, 11) is 0. The van der Waals surface area contributed by atoms with Crippen molar-refractivity contribution >= 4 is 51.7 Å². The molecule has 0 unspecified atom stereocenters. The average Bonchev–Trinajstić information content (AvgIpc) is 2.48. The van der Waals surface area contributed by atoms with Gasteiger partial charge in [0, 0.05) is 26.4 Å². The molecule has 0 aliphatic heterocycles. The van der Waals surface area contributed by atoms with Crippen molar-refractivity contribution in [3.05, 3.63) is 57.0 Å². The van der Waals surface area contributed by atoms with Gasteiger partial charge in [-0.15, -0.1) is 0 Å². The predicted molar refractivity (Wildman–Crippen MR) is 90.0 cm³/mol. The van der Waals surface area contributed by atoms with Gasteiger partial charge in [-0.05, 0) is 23.8 Å². The Kier molecular flexibility index (Phi) is 5.88. The number of hydrogen-bond acceptors (Lipinski definition) is 3. The van der Waals surface area contributed by atoms with Crippen LogP contribution in [0.25, 0.3) is 0 Å². The minimum absolute atomic E-state index is 0.125. The standard InChI is InChI=1S/C15H11BrClNO3S/c16-11-5-10(7-18-15(20)21)14(12(17)6-11)22-13-4-2-1-3-9(13)8-19/h1-6,8,18H,7H2,(H,20,21). The molecule has 1 amide bonds. The maximum absolute atomic E-state index is 11.1. The molecule has 2 rings (SSSR count). The Morgan fingerprint density at radius 1 is 1.36 bits per heavy atom. The van der Waals surface area contributed by atoms with Crippen LogP contribution in [0.5, 0.6) is 0 Å². The van der Waals surface area contributed by atoms with E-state index in [9.17, 15) is 9.59 Å². The van der Waals surface area contributed by atoms with Crippen molar-refractivity contribution in [1.29, 1.82) is 0 Å². The molecule has 22 heavy (non-hydrogen) atoms. The van der Waals surface area contributed by atoms with Crippen molar-refractivity contribution in [2.45, 2.75) is 16.3 Å². The van der Waals surface area contributed by atoms with Crippen LogP contribution in [-0.4, -0.2) is 17.5 Å². The molecule has 0 radical (unpaired) electrons. The first kappa shape index (κ1) is 16.9. The van der Waals surface area contributed by atoms with E-state index < -0.39 is 6.09 Å². The minimum Gasteiger partial charge on any atom is -0.465 e. The van der Waals surface area contributed by atoms with Gasteiger partial charge in [0.1, 0.15) is 0 Å². The molecule has 0 bridgehead atoms. The van der Waals surface area contributed by atoms with Gasteiger partial charge in [0.05, 0.1) is 5.02 Å². The highest BCUT2D eigenvalue weighted by molar-refractivity contribution is 9.10. The van der Waals surface area contributed by atoms with Crippen molar-refractivity contribution in [3.8, 4) is 0 Å². The zero-order chi connectivity index (χ0) is 16.1. The van der Waals surface area contributed by atoms with E-state index in [1.54, 1.807) is 24.3 Å². The second-order valence-electron chi connectivity index (χ2n) is 4.29. The number of halogens is 2. The van der Waals surface area contributed by atoms with Crippen molar-refractivity contribution < 1.29 is 14.7 Å². The zero-order valence-electron chi connectivity index (χ0n) is 11.2. The molecule has 0 aliphatic rings. The molecule has 0 atom stereocenters. The Morgan fingerprint density at radius 2 is 2.09 bits per heavy atom. The first-order valence-corrected chi connectivity index (χ1v) is 8.16. The van der Waals surface area contributed by atoms with Crippen LogP contribution >= 0.6 is 39.3 Å². The van der Waals surface area contributed by atoms with Crippen LogP contribution in [0.3, 0.4) is 0 Å². The fraction of sp³-hybridized carbons (Fsp3) is 0.0667. The summed E-state index contributed by atoms with van der Waals surface area (Å²) < 4.78 is 0.757. The molecule has 0 aromatic heterocycles. The molecule has 2 N–H and O–H groups in total. The van der Waals surface area contributed by atoms with Crippen LogP contribution in [0.4, 0.5) is 4.79 Å². The monoisotopic (exact) mass is 399 g/mol. The van der Waals surface area contributed by atoms with Crippen molar-refractivity contribution in [2.75, 3.05) is 0 Å². The molecular formula is C15H11BrClNO3S. The highest BCUT2D eigenvalue weighted by Gasteiger charge is 2.13. The summed E-state index contributed by atoms with van der Waals surface area (Å²) in [5.41, 5.74) is 1.29. The fourth-order valence-electron chi connectivity index (χ4n) is 1.81. The summed E-state index contributed by atoms with van der Waals surface area (Å²) in [5.74, 6) is 0. The lowest BCUT2D eigenvalue weighted by atomic mass is 10.2. The summed E-state index contributed by atoms with van der Waals surface area (Å²) >= 11 is 11.0. The van der Waals surface area contributed by atoms with E-state index in [1.807, 2.05) is 12.1 Å². The van der Waals surface area contributed by atoms with Crippen LogP contribution in [0, 0.1) is 0 Å². The van der Waals surface area contributed by atoms with Crippen LogP contribution in [-0.2, 0) is 6.54 Å². The number of carboxylic acid groups (broad SMARTS) is 1. The van der Waals surface area contributed by atoms with Gasteiger partial charge in [0.25, 0.3) is 0 Å². The molecule has 0 heterocycles. The van der Waals surface area contributed by atoms with Crippen molar-refractivity contribution in [2.24, 2.45) is 0 Å². The van der Waals surface area contributed by atoms with Gasteiger partial charge in [-0.3, -0.25) is 4.79 Å². The normalized spacial score (nSPS) is 10.3. The van der Waals surface area contributed by atoms with E-state index in [0.29, 0.717) is 15.5 Å². The first-order valence-electron chi connectivity index (χ1n) is 6.18. The van der Waals surface area contributed by atoms with E-state index in [1.165, 1.54) is 11.8 Å². The molecular weight excluding hydrogens is 390 g/mol. The number of nitrogens with one attached hydrogen (secondary N) is 1. The highest BCUT2D eigenvalue weighted by Crippen LogP contribution is 2.39. The third-order valence-corrected chi connectivity index (χ3v) is 4.92. The topological polar surface area (TPSA) is 66.4 Å². The van der Waals surface area contributed by atoms with E-state index >= 15 is 0 Å². The largest absolute Gasteiger partial charge is 0.465 e. The lowest BCUT2D eigenvalue weighted by Gasteiger charge is -2.13. The van der Waals surface area contributed by atoms with E-state index in [4.69, 9.17) is 16.7 Å². The van der Waals surface area contributed by atoms with E-state index in [2.05, 4.69) is 21.2 Å². The van der Waals surface area contributed by atoms with Gasteiger partial charge in [0.2, 0.25) is 0 Å². The number of amides is 1. The molecule has 2 aromatic carbocycles. The molecule has 114 valence electrons. The maximum Gasteiger partial charge on any atom is 0.404 e. The van der Waals surface area contributed by atoms with Crippen LogP contribution < -0.4 is 5.32 Å². The van der Waals surface area contributed by atoms with Gasteiger partial charge in [-0.1, -0.05) is 57.5 Å². The number of aldehydes is 1. The number of rotatable bonds is 5. The summed E-state index contributed by atoms with van der Waals surface area (Å²) in [6.07, 6.45) is -0.329. The average molecular weight is 401 g/mol. The van der Waals surface area contributed by atoms with Gasteiger partial charge < -0.3 is 10.4 Å². The summed E-state index contributed by atoms with van der Waals surface area (Å²) in [5, 5.41) is 11.6. The lowest BCUT2D eigenvalue weighted by Crippen LogP contribution is -2.20. The SMILES string of the molecule is O=Cc1ccccc1Sc1c(Cl)cc(Br)cc1CNC(=O)O. The van der Waals surface area contributed by atoms with E-state index in [0.717, 1.165) is 21.2 Å². The number of carbonyl (C=O) groups is 2. The second kappa shape index (κ2) is 7.67. The number of carbonyl (C=O) groups excluding carboxylic acids is 1. The van der Waals surface area contributed by atoms with Gasteiger partial charge in [-0.25, -0.2) is 4.79 Å². The Morgan fingerprint density at radius 3 is 2.77 bits per heavy atom. The molecule has 0 saturated heterocycles. The predicted octanol–water partition coefficient (Wildman–Crippen LogP) is 4.83. The fourth-order valence-corrected chi connectivity index (χ4v) is 3.82. The lowest BCUT2D eigenvalue weighted by molar-refractivity contribution is 0.112. The van der Waals surface area contributed by atoms with Crippen molar-refractivity contribution in [1.82, 2.24) is 5.32 Å². The van der Waals surface area contributed by atoms with Crippen LogP contribution in [0.1, 0.15) is 15.9 Å². The van der Waals surface area contributed by atoms with Crippen LogP contribution in [0.15, 0.2) is 50.7 Å². The molecule has 0 fully saturated rings. The summed E-state index contributed by atoms with van der Waals surface area (Å²) in [4.78, 5) is 23.3. The second-order valence-corrected chi connectivity index (χ2v) is 6.67. The summed E-state index contributed by atoms with van der Waals surface area (Å²) in [6, 6.07) is 10.7. The zero-order valence-corrected chi connectivity index (χ0v) is 14.3. The van der Waals surface area contributed by atoms with Crippen LogP contribution in [0.2, 0.25) is 5.02 Å². The van der Waals surface area contributed by atoms with E-state index in [-0.39, 0.29) is 6.54 Å². The first-order chi connectivity index (χ1) is 10.5. The van der Waals surface area contributed by atoms with Gasteiger partial charge >= 0.3 is 6.09 Å². The Hall–Kier alpha value is -1.50. The summed E-state index contributed by atoms with van der Waals surface area (Å²) in [6.45, 7) is 0.125. The quantitative estimate of drug-likeness (QED) is 0.705.